The molecule has 14 aromatic carbocycles. The number of rotatable bonds is 5. The summed E-state index contributed by atoms with van der Waals surface area (Å²) in [5.41, 5.74) is 16.5. The summed E-state index contributed by atoms with van der Waals surface area (Å²) in [6.45, 7) is 18.1. The molecular weight excluding hydrogens is 1130 g/mol. The third-order valence-corrected chi connectivity index (χ3v) is 21.7. The first-order chi connectivity index (χ1) is 45.0. The highest BCUT2D eigenvalue weighted by Gasteiger charge is 2.38. The standard InChI is InChI=1S/C45H41N.C26H28O.C19H15N/c1-29-12-19-35(20-13-29)46-40-11-7-6-10-36(40)38-28-33(18-23-41(38)46)45(24-8-5-9-25-45)39-22-17-30-14-15-31-26-34(44(2,3)4)27-32-16-21-37(39)43(30)42(31)32;1-25(2,3)20-15-18-8-7-17-10-12-22(26(27)13-5-4-6-14-26)21-11-9-19(16-20)23(18)24(17)21;1-14-10-12-15(13-11-14)20-18-8-4-2-6-16(18)17-7-3-5-9-19(17)20/h6-7,10-23,26-28H,5,8-9,24-25H2,1-4H3;7-12,15-16,27H,4-6,13-14H2,1-3H3;2-13H,1H3. The van der Waals surface area contributed by atoms with Gasteiger partial charge >= 0.3 is 0 Å². The number of benzene rings is 14. The topological polar surface area (TPSA) is 30.1 Å². The maximum Gasteiger partial charge on any atom is 0.0902 e. The van der Waals surface area contributed by atoms with Crippen molar-refractivity contribution < 1.29 is 5.11 Å². The van der Waals surface area contributed by atoms with E-state index in [1.807, 2.05) is 0 Å². The van der Waals surface area contributed by atoms with E-state index < -0.39 is 5.60 Å². The first-order valence-corrected chi connectivity index (χ1v) is 34.4. The summed E-state index contributed by atoms with van der Waals surface area (Å²) in [6.07, 6.45) is 11.5. The number of hydrogen-bond donors (Lipinski definition) is 1. The summed E-state index contributed by atoms with van der Waals surface area (Å²) in [6, 6.07) is 88.6. The Bertz CT molecular complexity index is 5400. The van der Waals surface area contributed by atoms with E-state index in [0.29, 0.717) is 0 Å². The zero-order chi connectivity index (χ0) is 63.5. The average molecular weight is 1210 g/mol. The van der Waals surface area contributed by atoms with Gasteiger partial charge in [0.25, 0.3) is 0 Å². The Kier molecular flexibility index (Phi) is 14.2. The summed E-state index contributed by atoms with van der Waals surface area (Å²) >= 11 is 0. The molecule has 93 heavy (non-hydrogen) atoms. The summed E-state index contributed by atoms with van der Waals surface area (Å²) < 4.78 is 4.79. The molecule has 2 aromatic heterocycles. The summed E-state index contributed by atoms with van der Waals surface area (Å²) in [5, 5.41) is 32.9. The Labute approximate surface area is 547 Å². The lowest BCUT2D eigenvalue weighted by molar-refractivity contribution is 0.000779. The molecular formula is C90H84N2O. The second kappa shape index (κ2) is 22.5. The van der Waals surface area contributed by atoms with Crippen LogP contribution in [0.5, 0.6) is 0 Å². The molecule has 18 rings (SSSR count). The Morgan fingerprint density at radius 3 is 1.13 bits per heavy atom. The van der Waals surface area contributed by atoms with Gasteiger partial charge in [-0.3, -0.25) is 0 Å². The number of aryl methyl sites for hydroxylation is 2. The summed E-state index contributed by atoms with van der Waals surface area (Å²) in [7, 11) is 0. The second-order valence-electron chi connectivity index (χ2n) is 29.7. The highest BCUT2D eigenvalue weighted by Crippen LogP contribution is 2.51. The van der Waals surface area contributed by atoms with Gasteiger partial charge in [-0.1, -0.05) is 273 Å². The Hall–Kier alpha value is -9.28. The molecule has 0 unspecified atom stereocenters. The molecule has 1 N–H and O–H groups in total. The molecule has 0 amide bonds. The molecule has 2 heterocycles. The van der Waals surface area contributed by atoms with Crippen molar-refractivity contribution in [2.24, 2.45) is 0 Å². The van der Waals surface area contributed by atoms with E-state index in [1.54, 1.807) is 0 Å². The quantitative estimate of drug-likeness (QED) is 0.171. The molecule has 460 valence electrons. The van der Waals surface area contributed by atoms with Crippen LogP contribution >= 0.6 is 0 Å². The fourth-order valence-electron chi connectivity index (χ4n) is 16.7. The van der Waals surface area contributed by atoms with Gasteiger partial charge in [0.2, 0.25) is 0 Å². The number of fused-ring (bicyclic) bond motifs is 6. The van der Waals surface area contributed by atoms with Crippen LogP contribution in [0.4, 0.5) is 0 Å². The van der Waals surface area contributed by atoms with Crippen LogP contribution in [0, 0.1) is 13.8 Å². The van der Waals surface area contributed by atoms with Crippen molar-refractivity contribution in [3.63, 3.8) is 0 Å². The monoisotopic (exact) mass is 1210 g/mol. The van der Waals surface area contributed by atoms with Crippen molar-refractivity contribution in [1.82, 2.24) is 9.13 Å². The molecule has 3 nitrogen and oxygen atoms in total. The van der Waals surface area contributed by atoms with Gasteiger partial charge in [-0.05, 0) is 197 Å². The molecule has 0 aliphatic heterocycles. The Morgan fingerprint density at radius 2 is 0.677 bits per heavy atom. The normalized spacial score (nSPS) is 15.3. The fourth-order valence-corrected chi connectivity index (χ4v) is 16.7. The van der Waals surface area contributed by atoms with E-state index in [2.05, 4.69) is 301 Å². The third-order valence-electron chi connectivity index (χ3n) is 21.7. The largest absolute Gasteiger partial charge is 0.385 e. The van der Waals surface area contributed by atoms with Crippen LogP contribution in [0.15, 0.2) is 237 Å². The van der Waals surface area contributed by atoms with Gasteiger partial charge in [-0.25, -0.2) is 0 Å². The van der Waals surface area contributed by atoms with Crippen molar-refractivity contribution in [3.8, 4) is 11.4 Å². The molecule has 3 heteroatoms. The van der Waals surface area contributed by atoms with Gasteiger partial charge in [0.05, 0.1) is 27.7 Å². The van der Waals surface area contributed by atoms with Crippen LogP contribution in [0.3, 0.4) is 0 Å². The molecule has 0 bridgehead atoms. The molecule has 0 spiro atoms. The lowest BCUT2D eigenvalue weighted by Crippen LogP contribution is -2.30. The van der Waals surface area contributed by atoms with Gasteiger partial charge < -0.3 is 14.2 Å². The molecule has 0 radical (unpaired) electrons. The number of aliphatic hydroxyl groups is 1. The molecule has 2 saturated carbocycles. The van der Waals surface area contributed by atoms with Crippen LogP contribution in [-0.2, 0) is 21.8 Å². The maximum atomic E-state index is 11.4. The van der Waals surface area contributed by atoms with Gasteiger partial charge in [0.15, 0.2) is 0 Å². The van der Waals surface area contributed by atoms with E-state index in [1.165, 1.54) is 192 Å². The first-order valence-electron chi connectivity index (χ1n) is 34.4. The Morgan fingerprint density at radius 1 is 0.312 bits per heavy atom. The van der Waals surface area contributed by atoms with Crippen LogP contribution in [0.2, 0.25) is 0 Å². The van der Waals surface area contributed by atoms with Gasteiger partial charge in [-0.15, -0.1) is 0 Å². The van der Waals surface area contributed by atoms with E-state index >= 15 is 0 Å². The van der Waals surface area contributed by atoms with Crippen LogP contribution in [0.1, 0.15) is 145 Å². The van der Waals surface area contributed by atoms with Gasteiger partial charge in [0.1, 0.15) is 0 Å². The smallest absolute Gasteiger partial charge is 0.0902 e. The SMILES string of the molecule is CC(C)(C)c1cc2ccc3ccc(C4(O)CCCCC4)c4ccc(c1)c2c34.Cc1ccc(-n2c3ccccc3c3cc(C4(c5ccc6ccc7cc(C(C)(C)C)cc8ccc5c6c78)CCCCC4)ccc32)cc1.Cc1ccc(-n2c3ccccc3c3ccccc32)cc1. The predicted molar refractivity (Wildman–Crippen MR) is 400 cm³/mol. The van der Waals surface area contributed by atoms with E-state index in [4.69, 9.17) is 0 Å². The molecule has 0 atom stereocenters. The van der Waals surface area contributed by atoms with Crippen LogP contribution in [-0.4, -0.2) is 14.2 Å². The minimum Gasteiger partial charge on any atom is -0.385 e. The highest BCUT2D eigenvalue weighted by atomic mass is 16.3. The fraction of sp³-hybridized carbons (Fsp3) is 0.244. The number of aromatic nitrogens is 2. The molecule has 2 aliphatic carbocycles. The number of para-hydroxylation sites is 3. The van der Waals surface area contributed by atoms with Crippen LogP contribution in [0.25, 0.3) is 120 Å². The van der Waals surface area contributed by atoms with E-state index in [0.717, 1.165) is 31.2 Å². The first kappa shape index (κ1) is 58.8. The predicted octanol–water partition coefficient (Wildman–Crippen LogP) is 24.7. The molecule has 2 fully saturated rings. The lowest BCUT2D eigenvalue weighted by atomic mass is 9.64. The minimum absolute atomic E-state index is 0.0155. The molecule has 0 saturated heterocycles. The van der Waals surface area contributed by atoms with Gasteiger partial charge in [0, 0.05) is 38.3 Å². The minimum atomic E-state index is -0.670. The van der Waals surface area contributed by atoms with Gasteiger partial charge in [-0.2, -0.15) is 0 Å². The maximum absolute atomic E-state index is 11.4. The summed E-state index contributed by atoms with van der Waals surface area (Å²) in [5.74, 6) is 0. The second-order valence-corrected chi connectivity index (χ2v) is 29.7. The molecule has 16 aromatic rings. The third kappa shape index (κ3) is 9.95. The zero-order valence-corrected chi connectivity index (χ0v) is 55.4. The number of nitrogens with zero attached hydrogens (tertiary/aromatic N) is 2. The van der Waals surface area contributed by atoms with E-state index in [9.17, 15) is 5.11 Å². The average Bonchev–Trinajstić information content (AvgIpc) is 1.07. The van der Waals surface area contributed by atoms with Crippen molar-refractivity contribution in [2.75, 3.05) is 0 Å². The lowest BCUT2D eigenvalue weighted by Gasteiger charge is -2.40. The number of hydrogen-bond acceptors (Lipinski definition) is 1. The van der Waals surface area contributed by atoms with Crippen molar-refractivity contribution >= 4 is 108 Å². The zero-order valence-electron chi connectivity index (χ0n) is 55.4. The van der Waals surface area contributed by atoms with Crippen molar-refractivity contribution in [2.45, 2.75) is 141 Å². The van der Waals surface area contributed by atoms with E-state index in [-0.39, 0.29) is 16.2 Å². The highest BCUT2D eigenvalue weighted by molar-refractivity contribution is 6.25. The summed E-state index contributed by atoms with van der Waals surface area (Å²) in [4.78, 5) is 0. The molecule has 2 aliphatic rings. The van der Waals surface area contributed by atoms with Crippen molar-refractivity contribution in [3.05, 3.63) is 276 Å². The van der Waals surface area contributed by atoms with Crippen molar-refractivity contribution in [1.29, 1.82) is 0 Å². The van der Waals surface area contributed by atoms with Crippen LogP contribution < -0.4 is 0 Å². The Balaban J connectivity index is 0.000000123.